The maximum atomic E-state index is 13.6. The van der Waals surface area contributed by atoms with Gasteiger partial charge >= 0.3 is 29.9 Å². The predicted octanol–water partition coefficient (Wildman–Crippen LogP) is 7.60. The maximum absolute atomic E-state index is 13.6. The molecule has 33 heavy (non-hydrogen) atoms. The summed E-state index contributed by atoms with van der Waals surface area (Å²) in [7, 11) is 0. The largest absolute Gasteiger partial charge is 0.460 e. The van der Waals surface area contributed by atoms with Crippen LogP contribution in [0.4, 0.5) is 39.5 Å². The molecule has 0 N–H and O–H groups in total. The van der Waals surface area contributed by atoms with E-state index in [2.05, 4.69) is 6.92 Å². The minimum atomic E-state index is -6.89. The van der Waals surface area contributed by atoms with Crippen molar-refractivity contribution >= 4 is 5.97 Å². The van der Waals surface area contributed by atoms with E-state index in [0.717, 1.165) is 37.8 Å². The lowest BCUT2D eigenvalue weighted by Gasteiger charge is -2.33. The smallest absolute Gasteiger partial charge is 0.426 e. The molecule has 0 radical (unpaired) electrons. The Kier molecular flexibility index (Phi) is 8.38. The van der Waals surface area contributed by atoms with Crippen molar-refractivity contribution < 1.29 is 49.0 Å². The predicted molar refractivity (Wildman–Crippen MR) is 102 cm³/mol. The van der Waals surface area contributed by atoms with Crippen LogP contribution in [0.5, 0.6) is 5.75 Å². The number of aryl methyl sites for hydroxylation is 1. The molecular weight excluding hydrogens is 467 g/mol. The Morgan fingerprint density at radius 2 is 1.42 bits per heavy atom. The van der Waals surface area contributed by atoms with Gasteiger partial charge in [-0.1, -0.05) is 31.9 Å². The van der Waals surface area contributed by atoms with Gasteiger partial charge in [0.1, 0.15) is 5.75 Å². The van der Waals surface area contributed by atoms with Gasteiger partial charge in [-0.2, -0.15) is 39.5 Å². The van der Waals surface area contributed by atoms with Crippen LogP contribution in [0.15, 0.2) is 24.3 Å². The fraction of sp³-hybridized carbons (Fsp3) is 0.682. The number of esters is 1. The van der Waals surface area contributed by atoms with Crippen molar-refractivity contribution in [3.8, 4) is 5.75 Å². The normalized spacial score (nSPS) is 20.5. The third-order valence-electron chi connectivity index (χ3n) is 5.96. The molecule has 0 aromatic heterocycles. The van der Waals surface area contributed by atoms with E-state index in [4.69, 9.17) is 4.74 Å². The summed E-state index contributed by atoms with van der Waals surface area (Å²) in [5.74, 6) is -19.2. The van der Waals surface area contributed by atoms with Crippen LogP contribution in [0, 0.1) is 11.8 Å². The molecule has 1 aliphatic rings. The molecule has 0 bridgehead atoms. The van der Waals surface area contributed by atoms with E-state index in [1.54, 1.807) is 0 Å². The molecule has 1 aromatic rings. The van der Waals surface area contributed by atoms with E-state index in [0.29, 0.717) is 18.8 Å². The summed E-state index contributed by atoms with van der Waals surface area (Å²) < 4.78 is 122. The Bertz CT molecular complexity index is 780. The molecule has 0 saturated heterocycles. The lowest BCUT2D eigenvalue weighted by Crippen LogP contribution is -2.60. The molecule has 1 saturated carbocycles. The molecule has 1 fully saturated rings. The van der Waals surface area contributed by atoms with E-state index in [-0.39, 0.29) is 17.2 Å². The maximum Gasteiger partial charge on any atom is 0.460 e. The number of benzene rings is 1. The van der Waals surface area contributed by atoms with E-state index < -0.39 is 42.8 Å². The highest BCUT2D eigenvalue weighted by Crippen LogP contribution is 2.54. The van der Waals surface area contributed by atoms with Crippen molar-refractivity contribution in [1.29, 1.82) is 0 Å². The van der Waals surface area contributed by atoms with Gasteiger partial charge in [0, 0.05) is 6.42 Å². The van der Waals surface area contributed by atoms with Crippen molar-refractivity contribution in [1.82, 2.24) is 0 Å². The number of ether oxygens (including phenoxy) is 1. The molecule has 1 aromatic carbocycles. The molecule has 0 aliphatic heterocycles. The van der Waals surface area contributed by atoms with Gasteiger partial charge in [-0.05, 0) is 55.7 Å². The molecular formula is C22H25F9O2. The summed E-state index contributed by atoms with van der Waals surface area (Å²) in [6, 6.07) is 4.74. The highest BCUT2D eigenvalue weighted by Gasteiger charge is 2.81. The molecule has 11 heteroatoms. The molecule has 0 amide bonds. The third-order valence-corrected chi connectivity index (χ3v) is 5.96. The molecule has 0 unspecified atom stereocenters. The Labute approximate surface area is 185 Å². The number of carbonyl (C=O) groups excluding carboxylic acids is 1. The van der Waals surface area contributed by atoms with Gasteiger partial charge in [0.15, 0.2) is 0 Å². The van der Waals surface area contributed by atoms with Gasteiger partial charge in [-0.25, -0.2) is 0 Å². The fourth-order valence-corrected chi connectivity index (χ4v) is 3.88. The van der Waals surface area contributed by atoms with Crippen LogP contribution in [0.25, 0.3) is 0 Å². The molecule has 2 rings (SSSR count). The second kappa shape index (κ2) is 10.1. The van der Waals surface area contributed by atoms with E-state index in [9.17, 15) is 44.3 Å². The summed E-state index contributed by atoms with van der Waals surface area (Å²) in [6.07, 6.45) is -4.29. The Hall–Kier alpha value is -1.94. The van der Waals surface area contributed by atoms with Crippen LogP contribution in [0.1, 0.15) is 57.4 Å². The summed E-state index contributed by atoms with van der Waals surface area (Å²) in [5.41, 5.74) is -0.0272. The van der Waals surface area contributed by atoms with Crippen LogP contribution >= 0.6 is 0 Å². The zero-order chi connectivity index (χ0) is 25.1. The molecule has 0 heterocycles. The first-order valence-electron chi connectivity index (χ1n) is 10.6. The third kappa shape index (κ3) is 6.15. The van der Waals surface area contributed by atoms with Gasteiger partial charge in [0.05, 0.1) is 5.92 Å². The summed E-state index contributed by atoms with van der Waals surface area (Å²) in [4.78, 5) is 12.3. The van der Waals surface area contributed by atoms with Crippen LogP contribution in [-0.2, 0) is 11.2 Å². The molecule has 2 nitrogen and oxygen atoms in total. The second-order valence-corrected chi connectivity index (χ2v) is 8.42. The quantitative estimate of drug-likeness (QED) is 0.202. The molecule has 188 valence electrons. The number of alkyl halides is 9. The van der Waals surface area contributed by atoms with Crippen molar-refractivity contribution in [3.63, 3.8) is 0 Å². The average molecular weight is 492 g/mol. The monoisotopic (exact) mass is 492 g/mol. The van der Waals surface area contributed by atoms with Gasteiger partial charge in [0.2, 0.25) is 0 Å². The fourth-order valence-electron chi connectivity index (χ4n) is 3.88. The number of carbonyl (C=O) groups is 1. The zero-order valence-electron chi connectivity index (χ0n) is 17.8. The SMILES string of the molecule is CCCC1CCC(C(=O)Oc2ccc(CCC(F)(F)C(F)(F)C(F)(F)C(F)(F)F)cc2)CC1. The summed E-state index contributed by atoms with van der Waals surface area (Å²) in [5, 5.41) is 0. The second-order valence-electron chi connectivity index (χ2n) is 8.42. The van der Waals surface area contributed by atoms with Crippen molar-refractivity contribution in [3.05, 3.63) is 29.8 Å². The standard InChI is InChI=1S/C22H25F9O2/c1-2-3-14-4-8-16(9-5-14)18(32)33-17-10-6-15(7-11-17)12-13-19(23,24)20(25,26)21(27,28)22(29,30)31/h6-7,10-11,14,16H,2-5,8-9,12-13H2,1H3. The number of rotatable bonds is 9. The first kappa shape index (κ1) is 27.3. The number of halogens is 9. The van der Waals surface area contributed by atoms with Crippen LogP contribution in [0.3, 0.4) is 0 Å². The first-order chi connectivity index (χ1) is 15.1. The topological polar surface area (TPSA) is 26.3 Å². The van der Waals surface area contributed by atoms with Gasteiger partial charge < -0.3 is 4.74 Å². The van der Waals surface area contributed by atoms with Crippen LogP contribution in [0.2, 0.25) is 0 Å². The minimum absolute atomic E-state index is 0.0272. The Balaban J connectivity index is 1.93. The molecule has 0 spiro atoms. The molecule has 1 aliphatic carbocycles. The minimum Gasteiger partial charge on any atom is -0.426 e. The zero-order valence-corrected chi connectivity index (χ0v) is 17.8. The van der Waals surface area contributed by atoms with E-state index >= 15 is 0 Å². The van der Waals surface area contributed by atoms with Gasteiger partial charge in [-0.15, -0.1) is 0 Å². The van der Waals surface area contributed by atoms with Gasteiger partial charge in [0.25, 0.3) is 0 Å². The van der Waals surface area contributed by atoms with E-state index in [1.165, 1.54) is 12.1 Å². The van der Waals surface area contributed by atoms with Crippen LogP contribution in [-0.4, -0.2) is 29.9 Å². The lowest BCUT2D eigenvalue weighted by atomic mass is 9.80. The van der Waals surface area contributed by atoms with Crippen molar-refractivity contribution in [2.24, 2.45) is 11.8 Å². The number of hydrogen-bond donors (Lipinski definition) is 0. The highest BCUT2D eigenvalue weighted by atomic mass is 19.4. The first-order valence-corrected chi connectivity index (χ1v) is 10.6. The van der Waals surface area contributed by atoms with Crippen LogP contribution < -0.4 is 4.74 Å². The highest BCUT2D eigenvalue weighted by molar-refractivity contribution is 5.75. The van der Waals surface area contributed by atoms with Crippen molar-refractivity contribution in [2.45, 2.75) is 82.2 Å². The van der Waals surface area contributed by atoms with E-state index in [1.807, 2.05) is 0 Å². The molecule has 0 atom stereocenters. The number of hydrogen-bond acceptors (Lipinski definition) is 2. The van der Waals surface area contributed by atoms with Gasteiger partial charge in [-0.3, -0.25) is 4.79 Å². The Morgan fingerprint density at radius 3 is 1.91 bits per heavy atom. The average Bonchev–Trinajstić information content (AvgIpc) is 2.73. The summed E-state index contributed by atoms with van der Waals surface area (Å²) >= 11 is 0. The Morgan fingerprint density at radius 1 is 0.879 bits per heavy atom. The summed E-state index contributed by atoms with van der Waals surface area (Å²) in [6.45, 7) is 2.09. The van der Waals surface area contributed by atoms with Crippen molar-refractivity contribution in [2.75, 3.05) is 0 Å². The lowest BCUT2D eigenvalue weighted by molar-refractivity contribution is -0.396.